The number of nitrogens with zero attached hydrogens (tertiary/aromatic N) is 1. The molecule has 1 heterocycles. The van der Waals surface area contributed by atoms with E-state index in [1.165, 1.54) is 19.1 Å². The Bertz CT molecular complexity index is 194. The van der Waals surface area contributed by atoms with Gasteiger partial charge in [-0.2, -0.15) is 0 Å². The van der Waals surface area contributed by atoms with Crippen LogP contribution < -0.4 is 0 Å². The molecule has 0 aliphatic carbocycles. The van der Waals surface area contributed by atoms with Crippen LogP contribution in [0.4, 0.5) is 4.79 Å². The van der Waals surface area contributed by atoms with Gasteiger partial charge in [0.25, 0.3) is 0 Å². The van der Waals surface area contributed by atoms with Crippen molar-refractivity contribution in [1.29, 1.82) is 0 Å². The summed E-state index contributed by atoms with van der Waals surface area (Å²) in [6.45, 7) is 0.562. The second kappa shape index (κ2) is 4.11. The first-order valence-corrected chi connectivity index (χ1v) is 4.13. The van der Waals surface area contributed by atoms with Gasteiger partial charge in [0.2, 0.25) is 0 Å². The summed E-state index contributed by atoms with van der Waals surface area (Å²) in [7, 11) is 2.62. The minimum atomic E-state index is -0.465. The Morgan fingerprint density at radius 3 is 2.54 bits per heavy atom. The largest absolute Gasteiger partial charge is 0.467 e. The normalized spacial score (nSPS) is 21.4. The number of hydrogen-bond acceptors (Lipinski definition) is 4. The summed E-state index contributed by atoms with van der Waals surface area (Å²) in [6, 6.07) is -0.461. The molecule has 1 aliphatic heterocycles. The van der Waals surface area contributed by atoms with Crippen molar-refractivity contribution >= 4 is 12.1 Å². The highest BCUT2D eigenvalue weighted by molar-refractivity contribution is 5.81. The number of carbonyl (C=O) groups is 2. The predicted octanol–water partition coefficient (Wildman–Crippen LogP) is 0.390. The zero-order valence-electron chi connectivity index (χ0n) is 7.78. The molecule has 1 rings (SSSR count). The Hall–Kier alpha value is -1.26. The Morgan fingerprint density at radius 2 is 2.00 bits per heavy atom. The first-order chi connectivity index (χ1) is 6.20. The number of ether oxygens (including phenoxy) is 2. The van der Waals surface area contributed by atoms with Gasteiger partial charge in [0.05, 0.1) is 14.2 Å². The lowest BCUT2D eigenvalue weighted by Crippen LogP contribution is -2.40. The highest BCUT2D eigenvalue weighted by Gasteiger charge is 2.35. The molecular formula is C8H13NO4. The summed E-state index contributed by atoms with van der Waals surface area (Å²) in [6.07, 6.45) is 1.00. The maximum Gasteiger partial charge on any atom is 0.410 e. The van der Waals surface area contributed by atoms with Crippen LogP contribution in [0.1, 0.15) is 12.8 Å². The molecular weight excluding hydrogens is 174 g/mol. The van der Waals surface area contributed by atoms with Crippen LogP contribution in [-0.2, 0) is 14.3 Å². The van der Waals surface area contributed by atoms with E-state index in [4.69, 9.17) is 0 Å². The van der Waals surface area contributed by atoms with E-state index in [1.807, 2.05) is 0 Å². The van der Waals surface area contributed by atoms with Crippen LogP contribution in [0.5, 0.6) is 0 Å². The number of amides is 1. The minimum absolute atomic E-state index is 0.372. The summed E-state index contributed by atoms with van der Waals surface area (Å²) in [5.74, 6) is -0.372. The van der Waals surface area contributed by atoms with E-state index in [-0.39, 0.29) is 5.97 Å². The molecule has 0 aromatic rings. The summed E-state index contributed by atoms with van der Waals surface area (Å²) < 4.78 is 9.11. The van der Waals surface area contributed by atoms with Crippen molar-refractivity contribution in [1.82, 2.24) is 4.90 Å². The van der Waals surface area contributed by atoms with Gasteiger partial charge in [-0.25, -0.2) is 9.59 Å². The minimum Gasteiger partial charge on any atom is -0.467 e. The number of likely N-dealkylation sites (tertiary alicyclic amines) is 1. The zero-order valence-corrected chi connectivity index (χ0v) is 7.78. The van der Waals surface area contributed by atoms with E-state index in [9.17, 15) is 9.59 Å². The van der Waals surface area contributed by atoms with Crippen LogP contribution >= 0.6 is 0 Å². The molecule has 1 atom stereocenters. The molecule has 0 saturated carbocycles. The summed E-state index contributed by atoms with van der Waals surface area (Å²) in [5.41, 5.74) is 0. The average Bonchev–Trinajstić information content (AvgIpc) is 2.63. The van der Waals surface area contributed by atoms with Gasteiger partial charge in [-0.05, 0) is 12.8 Å². The standard InChI is InChI=1S/C8H13NO4/c1-12-7(10)6-4-3-5-9(6)8(11)13-2/h6H,3-5H2,1-2H3/t6-/m0/s1. The molecule has 1 amide bonds. The second-order valence-electron chi connectivity index (χ2n) is 2.84. The van der Waals surface area contributed by atoms with Gasteiger partial charge in [0.1, 0.15) is 6.04 Å². The number of rotatable bonds is 1. The third-order valence-corrected chi connectivity index (χ3v) is 2.14. The molecule has 5 heteroatoms. The van der Waals surface area contributed by atoms with Crippen molar-refractivity contribution in [2.24, 2.45) is 0 Å². The molecule has 0 bridgehead atoms. The molecule has 0 aromatic heterocycles. The monoisotopic (exact) mass is 187 g/mol. The van der Waals surface area contributed by atoms with Crippen molar-refractivity contribution in [3.8, 4) is 0 Å². The number of methoxy groups -OCH3 is 2. The van der Waals surface area contributed by atoms with Gasteiger partial charge in [-0.3, -0.25) is 4.90 Å². The fraction of sp³-hybridized carbons (Fsp3) is 0.750. The first kappa shape index (κ1) is 9.83. The van der Waals surface area contributed by atoms with Crippen molar-refractivity contribution in [3.05, 3.63) is 0 Å². The molecule has 0 N–H and O–H groups in total. The first-order valence-electron chi connectivity index (χ1n) is 4.13. The van der Waals surface area contributed by atoms with Crippen molar-refractivity contribution < 1.29 is 19.1 Å². The van der Waals surface area contributed by atoms with Crippen molar-refractivity contribution in [2.45, 2.75) is 18.9 Å². The van der Waals surface area contributed by atoms with Crippen LogP contribution in [0.3, 0.4) is 0 Å². The molecule has 0 radical (unpaired) electrons. The molecule has 13 heavy (non-hydrogen) atoms. The lowest BCUT2D eigenvalue weighted by atomic mass is 10.2. The quantitative estimate of drug-likeness (QED) is 0.557. The van der Waals surface area contributed by atoms with E-state index in [0.29, 0.717) is 13.0 Å². The van der Waals surface area contributed by atoms with Gasteiger partial charge in [-0.1, -0.05) is 0 Å². The summed E-state index contributed by atoms with van der Waals surface area (Å²) in [5, 5.41) is 0. The van der Waals surface area contributed by atoms with Crippen LogP contribution in [0.25, 0.3) is 0 Å². The van der Waals surface area contributed by atoms with Gasteiger partial charge in [0, 0.05) is 6.54 Å². The lowest BCUT2D eigenvalue weighted by Gasteiger charge is -2.20. The molecule has 0 aromatic carbocycles. The topological polar surface area (TPSA) is 55.8 Å². The fourth-order valence-corrected chi connectivity index (χ4v) is 1.48. The third kappa shape index (κ3) is 1.91. The van der Waals surface area contributed by atoms with Crippen LogP contribution in [0.2, 0.25) is 0 Å². The molecule has 0 spiro atoms. The summed E-state index contributed by atoms with van der Waals surface area (Å²) in [4.78, 5) is 23.7. The smallest absolute Gasteiger partial charge is 0.410 e. The zero-order chi connectivity index (χ0) is 9.84. The van der Waals surface area contributed by atoms with Crippen LogP contribution in [-0.4, -0.2) is 43.8 Å². The summed E-state index contributed by atoms with van der Waals surface area (Å²) >= 11 is 0. The number of esters is 1. The van der Waals surface area contributed by atoms with Crippen LogP contribution in [0.15, 0.2) is 0 Å². The van der Waals surface area contributed by atoms with Gasteiger partial charge in [-0.15, -0.1) is 0 Å². The molecule has 1 fully saturated rings. The fourth-order valence-electron chi connectivity index (χ4n) is 1.48. The Morgan fingerprint density at radius 1 is 1.31 bits per heavy atom. The SMILES string of the molecule is COC(=O)[C@@H]1CCCN1C(=O)OC. The maximum atomic E-state index is 11.2. The van der Waals surface area contributed by atoms with E-state index >= 15 is 0 Å². The molecule has 5 nitrogen and oxygen atoms in total. The van der Waals surface area contributed by atoms with Gasteiger partial charge in [0.15, 0.2) is 0 Å². The van der Waals surface area contributed by atoms with Crippen molar-refractivity contribution in [3.63, 3.8) is 0 Å². The maximum absolute atomic E-state index is 11.2. The predicted molar refractivity (Wildman–Crippen MR) is 44.1 cm³/mol. The number of carbonyl (C=O) groups excluding carboxylic acids is 2. The van der Waals surface area contributed by atoms with Gasteiger partial charge < -0.3 is 9.47 Å². The molecule has 1 saturated heterocycles. The second-order valence-corrected chi connectivity index (χ2v) is 2.84. The Kier molecular flexibility index (Phi) is 3.11. The molecule has 0 unspecified atom stereocenters. The van der Waals surface area contributed by atoms with E-state index in [0.717, 1.165) is 6.42 Å². The average molecular weight is 187 g/mol. The van der Waals surface area contributed by atoms with E-state index in [1.54, 1.807) is 0 Å². The van der Waals surface area contributed by atoms with Crippen LogP contribution in [0, 0.1) is 0 Å². The Balaban J connectivity index is 2.63. The van der Waals surface area contributed by atoms with E-state index in [2.05, 4.69) is 9.47 Å². The van der Waals surface area contributed by atoms with E-state index < -0.39 is 12.1 Å². The lowest BCUT2D eigenvalue weighted by molar-refractivity contribution is -0.145. The van der Waals surface area contributed by atoms with Gasteiger partial charge >= 0.3 is 12.1 Å². The molecule has 74 valence electrons. The third-order valence-electron chi connectivity index (χ3n) is 2.14. The van der Waals surface area contributed by atoms with Crippen molar-refractivity contribution in [2.75, 3.05) is 20.8 Å². The highest BCUT2D eigenvalue weighted by Crippen LogP contribution is 2.18. The number of hydrogen-bond donors (Lipinski definition) is 0. The Labute approximate surface area is 76.6 Å². The molecule has 1 aliphatic rings. The highest BCUT2D eigenvalue weighted by atomic mass is 16.5.